The first-order valence-corrected chi connectivity index (χ1v) is 26.0. The van der Waals surface area contributed by atoms with Crippen LogP contribution in [-0.4, -0.2) is 85.7 Å². The van der Waals surface area contributed by atoms with Gasteiger partial charge in [-0.15, -0.1) is 10.2 Å². The number of alkyl halides is 3. The van der Waals surface area contributed by atoms with Gasteiger partial charge >= 0.3 is 19.7 Å². The number of phosphoric ester groups is 1. The van der Waals surface area contributed by atoms with Crippen molar-refractivity contribution >= 4 is 13.7 Å². The Hall–Kier alpha value is -2.35. The Kier molecular flexibility index (Phi) is 29.1. The van der Waals surface area contributed by atoms with Crippen LogP contribution in [0.25, 0.3) is 0 Å². The third kappa shape index (κ3) is 26.4. The van der Waals surface area contributed by atoms with Gasteiger partial charge in [-0.1, -0.05) is 179 Å². The summed E-state index contributed by atoms with van der Waals surface area (Å²) in [4.78, 5) is 23.6. The zero-order chi connectivity index (χ0) is 46.3. The number of aliphatic hydroxyl groups excluding tert-OH is 1. The fraction of sp³-hybridized carbons (Fsp3) is 0.812. The lowest BCUT2D eigenvalue weighted by Crippen LogP contribution is -2.46. The van der Waals surface area contributed by atoms with Crippen LogP contribution < -0.4 is 10.1 Å². The van der Waals surface area contributed by atoms with E-state index in [1.165, 1.54) is 140 Å². The highest BCUT2D eigenvalue weighted by molar-refractivity contribution is 7.47. The van der Waals surface area contributed by atoms with Crippen LogP contribution in [0.2, 0.25) is 0 Å². The van der Waals surface area contributed by atoms with Gasteiger partial charge < -0.3 is 24.5 Å². The SMILES string of the molecule is CCCCCCCCCCCCC/C=C/[C@@H](O)[C@H](COP(=O)(O)OCC[N+](C)(C)CCOc1ccc(C2(C(F)(F)F)N=N2)cc1)NC(=O)CCCCCCCCCCCCCCC. The molecule has 0 bridgehead atoms. The average molecular weight is 918 g/mol. The molecule has 1 unspecified atom stereocenters. The van der Waals surface area contributed by atoms with E-state index < -0.39 is 38.4 Å². The molecule has 1 amide bonds. The summed E-state index contributed by atoms with van der Waals surface area (Å²) in [5, 5.41) is 20.4. The predicted molar refractivity (Wildman–Crippen MR) is 247 cm³/mol. The van der Waals surface area contributed by atoms with E-state index in [0.29, 0.717) is 29.7 Å². The highest BCUT2D eigenvalue weighted by Crippen LogP contribution is 2.52. The quantitative estimate of drug-likeness (QED) is 0.0257. The van der Waals surface area contributed by atoms with Crippen molar-refractivity contribution in [3.8, 4) is 5.75 Å². The van der Waals surface area contributed by atoms with Gasteiger partial charge in [-0.2, -0.15) is 13.2 Å². The summed E-state index contributed by atoms with van der Waals surface area (Å²) in [6.45, 7) is 4.94. The van der Waals surface area contributed by atoms with Crippen LogP contribution in [0.5, 0.6) is 5.75 Å². The molecule has 0 spiro atoms. The van der Waals surface area contributed by atoms with E-state index in [9.17, 15) is 32.5 Å². The van der Waals surface area contributed by atoms with Crippen LogP contribution in [-0.2, 0) is 24.1 Å². The van der Waals surface area contributed by atoms with Crippen molar-refractivity contribution in [3.63, 3.8) is 0 Å². The maximum atomic E-state index is 13.3. The van der Waals surface area contributed by atoms with Crippen molar-refractivity contribution in [2.75, 3.05) is 47.0 Å². The number of ether oxygens (including phenoxy) is 1. The van der Waals surface area contributed by atoms with Crippen LogP contribution in [0.1, 0.15) is 186 Å². The maximum absolute atomic E-state index is 13.3. The van der Waals surface area contributed by atoms with Crippen LogP contribution in [0, 0.1) is 0 Å². The lowest BCUT2D eigenvalue weighted by atomic mass is 10.0. The number of nitrogens with one attached hydrogen (secondary N) is 1. The topological polar surface area (TPSA) is 139 Å². The first kappa shape index (κ1) is 56.8. The van der Waals surface area contributed by atoms with Gasteiger partial charge in [0.25, 0.3) is 0 Å². The summed E-state index contributed by atoms with van der Waals surface area (Å²) in [7, 11) is -0.791. The Labute approximate surface area is 378 Å². The van der Waals surface area contributed by atoms with Crippen LogP contribution in [0.4, 0.5) is 13.2 Å². The lowest BCUT2D eigenvalue weighted by Gasteiger charge is -2.30. The molecule has 2 rings (SSSR count). The number of likely N-dealkylation sites (N-methyl/N-ethyl adjacent to an activating group) is 1. The van der Waals surface area contributed by atoms with Gasteiger partial charge in [0.15, 0.2) is 0 Å². The molecule has 0 saturated carbocycles. The molecule has 3 N–H and O–H groups in total. The van der Waals surface area contributed by atoms with E-state index in [0.717, 1.165) is 44.9 Å². The van der Waals surface area contributed by atoms with Crippen molar-refractivity contribution < 1.29 is 50.8 Å². The van der Waals surface area contributed by atoms with Gasteiger partial charge in [-0.05, 0) is 31.4 Å². The Morgan fingerprint density at radius 1 is 0.746 bits per heavy atom. The molecule has 11 nitrogen and oxygen atoms in total. The zero-order valence-electron chi connectivity index (χ0n) is 39.4. The molecule has 0 fully saturated rings. The van der Waals surface area contributed by atoms with Crippen molar-refractivity contribution in [1.82, 2.24) is 5.32 Å². The second kappa shape index (κ2) is 32.3. The van der Waals surface area contributed by atoms with Crippen LogP contribution >= 0.6 is 7.82 Å². The van der Waals surface area contributed by atoms with E-state index in [1.807, 2.05) is 20.2 Å². The van der Waals surface area contributed by atoms with Crippen molar-refractivity contribution in [2.24, 2.45) is 10.2 Å². The number of aliphatic hydroxyl groups is 1. The van der Waals surface area contributed by atoms with Crippen molar-refractivity contribution in [1.29, 1.82) is 0 Å². The number of quaternary nitrogens is 1. The zero-order valence-corrected chi connectivity index (χ0v) is 40.3. The van der Waals surface area contributed by atoms with E-state index >= 15 is 0 Å². The number of carbonyl (C=O) groups excluding carboxylic acids is 1. The van der Waals surface area contributed by atoms with Gasteiger partial charge in [-0.3, -0.25) is 13.8 Å². The van der Waals surface area contributed by atoms with E-state index in [-0.39, 0.29) is 24.7 Å². The maximum Gasteiger partial charge on any atom is 0.472 e. The van der Waals surface area contributed by atoms with Crippen LogP contribution in [0.3, 0.4) is 0 Å². The van der Waals surface area contributed by atoms with Gasteiger partial charge in [0.05, 0.1) is 32.8 Å². The number of rotatable bonds is 41. The number of unbranched alkanes of at least 4 members (excludes halogenated alkanes) is 23. The Bertz CT molecular complexity index is 1440. The Balaban J connectivity index is 1.77. The molecular weight excluding hydrogens is 833 g/mol. The minimum absolute atomic E-state index is 0.0780. The molecule has 1 aliphatic heterocycles. The molecule has 0 aromatic heterocycles. The molecular formula is C48H85F3N4O7P+. The molecule has 364 valence electrons. The highest BCUT2D eigenvalue weighted by Gasteiger charge is 2.65. The highest BCUT2D eigenvalue weighted by atomic mass is 31.2. The van der Waals surface area contributed by atoms with Crippen molar-refractivity contribution in [3.05, 3.63) is 42.0 Å². The number of allylic oxidation sites excluding steroid dienone is 1. The fourth-order valence-electron chi connectivity index (χ4n) is 7.47. The molecule has 1 aliphatic rings. The normalized spacial score (nSPS) is 15.7. The second-order valence-corrected chi connectivity index (χ2v) is 19.6. The Morgan fingerprint density at radius 3 is 1.68 bits per heavy atom. The number of amides is 1. The van der Waals surface area contributed by atoms with Gasteiger partial charge in [-0.25, -0.2) is 4.57 Å². The molecule has 0 saturated heterocycles. The molecule has 0 aliphatic carbocycles. The molecule has 1 aromatic rings. The molecule has 15 heteroatoms. The largest absolute Gasteiger partial charge is 0.488 e. The Morgan fingerprint density at radius 2 is 1.21 bits per heavy atom. The van der Waals surface area contributed by atoms with Crippen molar-refractivity contribution in [2.45, 2.75) is 205 Å². The molecule has 1 heterocycles. The second-order valence-electron chi connectivity index (χ2n) is 18.1. The molecule has 63 heavy (non-hydrogen) atoms. The number of halogens is 3. The summed E-state index contributed by atoms with van der Waals surface area (Å²) in [5.74, 6) is 0.146. The first-order valence-electron chi connectivity index (χ1n) is 24.5. The summed E-state index contributed by atoms with van der Waals surface area (Å²) in [5.41, 5.74) is -2.56. The number of benzene rings is 1. The van der Waals surface area contributed by atoms with Gasteiger partial charge in [0, 0.05) is 12.0 Å². The third-order valence-electron chi connectivity index (χ3n) is 11.9. The predicted octanol–water partition coefficient (Wildman–Crippen LogP) is 13.0. The summed E-state index contributed by atoms with van der Waals surface area (Å²) >= 11 is 0. The van der Waals surface area contributed by atoms with E-state index in [4.69, 9.17) is 13.8 Å². The number of carbonyl (C=O) groups is 1. The van der Waals surface area contributed by atoms with Crippen LogP contribution in [0.15, 0.2) is 46.6 Å². The van der Waals surface area contributed by atoms with E-state index in [1.54, 1.807) is 6.08 Å². The van der Waals surface area contributed by atoms with Gasteiger partial charge in [0.2, 0.25) is 5.91 Å². The third-order valence-corrected chi connectivity index (χ3v) is 12.8. The number of nitrogens with zero attached hydrogens (tertiary/aromatic N) is 3. The first-order chi connectivity index (χ1) is 30.1. The smallest absolute Gasteiger partial charge is 0.472 e. The number of hydrogen-bond donors (Lipinski definition) is 3. The minimum Gasteiger partial charge on any atom is -0.488 e. The van der Waals surface area contributed by atoms with Gasteiger partial charge in [0.1, 0.15) is 32.1 Å². The monoisotopic (exact) mass is 918 g/mol. The standard InChI is InChI=1S/C48H84F3N4O7P/c1-5-7-9-11-13-15-17-19-21-23-25-27-29-31-45(56)44(52-46(57)32-30-28-26-24-22-20-18-16-14-12-10-8-6-2)41-62-63(58,59)61-40-38-55(3,4)37-39-60-43-35-33-42(34-36-43)47(53-54-47)48(49,50)51/h29,31,33-36,44-45,56H,5-28,30,32,37-41H2,1-4H3,(H-,52,57,58,59)/p+1/b31-29+/t44-,45+/m0/s1. The molecule has 3 atom stereocenters. The van der Waals surface area contributed by atoms with E-state index in [2.05, 4.69) is 29.4 Å². The lowest BCUT2D eigenvalue weighted by molar-refractivity contribution is -0.890. The molecule has 1 aromatic carbocycles. The number of phosphoric acid groups is 1. The summed E-state index contributed by atoms with van der Waals surface area (Å²) < 4.78 is 69.5. The summed E-state index contributed by atoms with van der Waals surface area (Å²) in [6.07, 6.45) is 28.3. The average Bonchev–Trinajstić information content (AvgIpc) is 4.06. The fourth-order valence-corrected chi connectivity index (χ4v) is 8.20. The molecule has 0 radical (unpaired) electrons. The number of hydrogen-bond acceptors (Lipinski definition) is 8. The summed E-state index contributed by atoms with van der Waals surface area (Å²) in [6, 6.07) is 4.53. The minimum atomic E-state index is -4.60.